The molecule has 7 heteroatoms. The third kappa shape index (κ3) is 3.05. The number of aromatic nitrogens is 2. The fraction of sp³-hybridized carbons (Fsp3) is 0.444. The first-order valence-corrected chi connectivity index (χ1v) is 5.47. The van der Waals surface area contributed by atoms with Gasteiger partial charge in [0.05, 0.1) is 16.5 Å². The van der Waals surface area contributed by atoms with Crippen molar-refractivity contribution in [2.75, 3.05) is 23.9 Å². The lowest BCUT2D eigenvalue weighted by Gasteiger charge is -2.20. The number of anilines is 2. The van der Waals surface area contributed by atoms with Crippen LogP contribution >= 0.6 is 15.9 Å². The topological polar surface area (TPSA) is 90.9 Å². The first-order valence-electron chi connectivity index (χ1n) is 4.68. The highest BCUT2D eigenvalue weighted by atomic mass is 79.9. The van der Waals surface area contributed by atoms with Gasteiger partial charge >= 0.3 is 0 Å². The van der Waals surface area contributed by atoms with Gasteiger partial charge < -0.3 is 4.90 Å². The second kappa shape index (κ2) is 5.63. The molecule has 0 saturated heterocycles. The summed E-state index contributed by atoms with van der Waals surface area (Å²) in [5, 5.41) is 8.75. The van der Waals surface area contributed by atoms with E-state index in [0.717, 1.165) is 4.47 Å². The lowest BCUT2D eigenvalue weighted by molar-refractivity contribution is 0.708. The first-order chi connectivity index (χ1) is 7.58. The molecular formula is C9H13BrN6. The van der Waals surface area contributed by atoms with Crippen molar-refractivity contribution < 1.29 is 0 Å². The molecule has 16 heavy (non-hydrogen) atoms. The fourth-order valence-corrected chi connectivity index (χ4v) is 1.73. The maximum absolute atomic E-state index is 8.75. The van der Waals surface area contributed by atoms with E-state index < -0.39 is 0 Å². The number of nitrogens with two attached hydrogens (primary N) is 1. The van der Waals surface area contributed by atoms with E-state index in [-0.39, 0.29) is 5.92 Å². The van der Waals surface area contributed by atoms with Crippen LogP contribution in [0, 0.1) is 17.2 Å². The fourth-order valence-electron chi connectivity index (χ4n) is 1.23. The number of halogens is 1. The summed E-state index contributed by atoms with van der Waals surface area (Å²) < 4.78 is 0.763. The molecule has 1 aromatic rings. The summed E-state index contributed by atoms with van der Waals surface area (Å²) >= 11 is 3.35. The SMILES string of the molecule is CC(C#N)CN(C)c1nc(NN)ncc1Br. The predicted molar refractivity (Wildman–Crippen MR) is 65.6 cm³/mol. The zero-order valence-corrected chi connectivity index (χ0v) is 10.7. The second-order valence-corrected chi connectivity index (χ2v) is 4.27. The summed E-state index contributed by atoms with van der Waals surface area (Å²) in [5.74, 6) is 6.21. The van der Waals surface area contributed by atoms with Crippen LogP contribution in [0.1, 0.15) is 6.92 Å². The number of hydrogen-bond donors (Lipinski definition) is 2. The number of nitrogens with zero attached hydrogens (tertiary/aromatic N) is 4. The smallest absolute Gasteiger partial charge is 0.239 e. The van der Waals surface area contributed by atoms with Crippen molar-refractivity contribution in [3.63, 3.8) is 0 Å². The highest BCUT2D eigenvalue weighted by Gasteiger charge is 2.12. The third-order valence-corrected chi connectivity index (χ3v) is 2.54. The van der Waals surface area contributed by atoms with Crippen LogP contribution in [-0.4, -0.2) is 23.6 Å². The van der Waals surface area contributed by atoms with E-state index in [1.165, 1.54) is 0 Å². The first kappa shape index (κ1) is 12.7. The van der Waals surface area contributed by atoms with Gasteiger partial charge in [-0.05, 0) is 22.9 Å². The predicted octanol–water partition coefficient (Wildman–Crippen LogP) is 1.12. The lowest BCUT2D eigenvalue weighted by Crippen LogP contribution is -2.25. The van der Waals surface area contributed by atoms with Gasteiger partial charge in [0.2, 0.25) is 5.95 Å². The number of nitriles is 1. The normalized spacial score (nSPS) is 11.7. The molecule has 1 unspecified atom stereocenters. The summed E-state index contributed by atoms with van der Waals surface area (Å²) in [6.45, 7) is 2.45. The molecule has 0 radical (unpaired) electrons. The second-order valence-electron chi connectivity index (χ2n) is 3.42. The molecule has 1 heterocycles. The number of hydrogen-bond acceptors (Lipinski definition) is 6. The Balaban J connectivity index is 2.90. The molecule has 1 aromatic heterocycles. The van der Waals surface area contributed by atoms with E-state index in [2.05, 4.69) is 37.4 Å². The molecule has 86 valence electrons. The number of nitrogen functional groups attached to an aromatic ring is 1. The molecule has 6 nitrogen and oxygen atoms in total. The van der Waals surface area contributed by atoms with Crippen molar-refractivity contribution in [2.45, 2.75) is 6.92 Å². The Morgan fingerprint density at radius 2 is 2.44 bits per heavy atom. The molecule has 0 aromatic carbocycles. The van der Waals surface area contributed by atoms with Gasteiger partial charge in [-0.3, -0.25) is 5.43 Å². The van der Waals surface area contributed by atoms with E-state index >= 15 is 0 Å². The van der Waals surface area contributed by atoms with Crippen molar-refractivity contribution in [3.8, 4) is 6.07 Å². The van der Waals surface area contributed by atoms with Gasteiger partial charge in [-0.2, -0.15) is 10.2 Å². The zero-order valence-electron chi connectivity index (χ0n) is 9.11. The average molecular weight is 285 g/mol. The Labute approximate surface area is 103 Å². The summed E-state index contributed by atoms with van der Waals surface area (Å²) in [6, 6.07) is 2.17. The van der Waals surface area contributed by atoms with Crippen LogP contribution in [-0.2, 0) is 0 Å². The molecule has 0 spiro atoms. The molecule has 0 amide bonds. The average Bonchev–Trinajstić information content (AvgIpc) is 2.29. The Kier molecular flexibility index (Phi) is 4.46. The molecule has 0 aliphatic heterocycles. The lowest BCUT2D eigenvalue weighted by atomic mass is 10.2. The molecule has 0 bridgehead atoms. The van der Waals surface area contributed by atoms with Crippen LogP contribution < -0.4 is 16.2 Å². The number of rotatable bonds is 4. The van der Waals surface area contributed by atoms with Crippen LogP contribution in [0.5, 0.6) is 0 Å². The van der Waals surface area contributed by atoms with Crippen molar-refractivity contribution in [1.29, 1.82) is 5.26 Å². The summed E-state index contributed by atoms with van der Waals surface area (Å²) in [4.78, 5) is 10.0. The van der Waals surface area contributed by atoms with E-state index in [9.17, 15) is 0 Å². The van der Waals surface area contributed by atoms with Crippen LogP contribution in [0.2, 0.25) is 0 Å². The third-order valence-electron chi connectivity index (χ3n) is 1.98. The maximum atomic E-state index is 8.75. The van der Waals surface area contributed by atoms with Gasteiger partial charge in [0, 0.05) is 19.8 Å². The van der Waals surface area contributed by atoms with Crippen LogP contribution in [0.15, 0.2) is 10.7 Å². The van der Waals surface area contributed by atoms with Gasteiger partial charge in [0.1, 0.15) is 5.82 Å². The van der Waals surface area contributed by atoms with E-state index in [1.54, 1.807) is 6.20 Å². The highest BCUT2D eigenvalue weighted by molar-refractivity contribution is 9.10. The number of nitrogens with one attached hydrogen (secondary N) is 1. The minimum atomic E-state index is -0.0684. The highest BCUT2D eigenvalue weighted by Crippen LogP contribution is 2.23. The molecule has 0 saturated carbocycles. The molecule has 0 aliphatic carbocycles. The van der Waals surface area contributed by atoms with Gasteiger partial charge in [0.15, 0.2) is 0 Å². The van der Waals surface area contributed by atoms with Crippen molar-refractivity contribution in [1.82, 2.24) is 9.97 Å². The Bertz CT molecular complexity index is 401. The molecular weight excluding hydrogens is 272 g/mol. The largest absolute Gasteiger partial charge is 0.357 e. The molecule has 1 rings (SSSR count). The van der Waals surface area contributed by atoms with Crippen molar-refractivity contribution in [2.24, 2.45) is 11.8 Å². The molecule has 1 atom stereocenters. The minimum absolute atomic E-state index is 0.0684. The van der Waals surface area contributed by atoms with E-state index in [4.69, 9.17) is 11.1 Å². The van der Waals surface area contributed by atoms with Gasteiger partial charge in [-0.1, -0.05) is 0 Å². The monoisotopic (exact) mass is 284 g/mol. The van der Waals surface area contributed by atoms with Crippen LogP contribution in [0.25, 0.3) is 0 Å². The minimum Gasteiger partial charge on any atom is -0.357 e. The molecule has 0 aliphatic rings. The van der Waals surface area contributed by atoms with Crippen molar-refractivity contribution in [3.05, 3.63) is 10.7 Å². The standard InChI is InChI=1S/C9H13BrN6/c1-6(3-11)5-16(2)8-7(10)4-13-9(14-8)15-12/h4,6H,5,12H2,1-2H3,(H,13,14,15). The van der Waals surface area contributed by atoms with Gasteiger partial charge in [-0.25, -0.2) is 10.8 Å². The van der Waals surface area contributed by atoms with Crippen LogP contribution in [0.3, 0.4) is 0 Å². The molecule has 0 fully saturated rings. The summed E-state index contributed by atoms with van der Waals surface area (Å²) in [6.07, 6.45) is 1.62. The Morgan fingerprint density at radius 3 is 3.00 bits per heavy atom. The van der Waals surface area contributed by atoms with E-state index in [0.29, 0.717) is 18.3 Å². The van der Waals surface area contributed by atoms with Gasteiger partial charge in [-0.15, -0.1) is 0 Å². The Hall–Kier alpha value is -1.39. The summed E-state index contributed by atoms with van der Waals surface area (Å²) in [5.41, 5.74) is 2.38. The number of hydrazine groups is 1. The van der Waals surface area contributed by atoms with Gasteiger partial charge in [0.25, 0.3) is 0 Å². The summed E-state index contributed by atoms with van der Waals surface area (Å²) in [7, 11) is 1.86. The van der Waals surface area contributed by atoms with Crippen LogP contribution in [0.4, 0.5) is 11.8 Å². The quantitative estimate of drug-likeness (QED) is 0.636. The zero-order chi connectivity index (χ0) is 12.1. The Morgan fingerprint density at radius 1 is 1.75 bits per heavy atom. The van der Waals surface area contributed by atoms with Crippen molar-refractivity contribution >= 4 is 27.7 Å². The maximum Gasteiger partial charge on any atom is 0.239 e. The molecule has 3 N–H and O–H groups in total. The van der Waals surface area contributed by atoms with E-state index in [1.807, 2.05) is 18.9 Å².